The summed E-state index contributed by atoms with van der Waals surface area (Å²) >= 11 is 0. The molecule has 0 saturated carbocycles. The van der Waals surface area contributed by atoms with Crippen LogP contribution in [0, 0.1) is 24.7 Å². The lowest BCUT2D eigenvalue weighted by Gasteiger charge is -2.35. The first-order valence-electron chi connectivity index (χ1n) is 20.2. The Kier molecular flexibility index (Phi) is 14.0. The molecule has 0 saturated heterocycles. The molecule has 0 spiro atoms. The molecule has 4 N–H and O–H groups in total. The zero-order valence-corrected chi connectivity index (χ0v) is 36.4. The number of anilines is 1. The Morgan fingerprint density at radius 3 is 2.33 bits per heavy atom. The van der Waals surface area contributed by atoms with Crippen molar-refractivity contribution in [2.75, 3.05) is 12.4 Å². The van der Waals surface area contributed by atoms with Gasteiger partial charge in [0, 0.05) is 67.7 Å². The van der Waals surface area contributed by atoms with Gasteiger partial charge in [-0.2, -0.15) is 0 Å². The van der Waals surface area contributed by atoms with E-state index in [1.54, 1.807) is 32.0 Å². The van der Waals surface area contributed by atoms with E-state index in [1.165, 1.54) is 47.1 Å². The van der Waals surface area contributed by atoms with Gasteiger partial charge < -0.3 is 48.7 Å². The summed E-state index contributed by atoms with van der Waals surface area (Å²) in [5.74, 6) is -5.70. The number of aliphatic hydroxyl groups is 2. The molecule has 328 valence electrons. The van der Waals surface area contributed by atoms with E-state index in [1.807, 2.05) is 39.8 Å². The molecule has 61 heavy (non-hydrogen) atoms. The molecule has 15 heteroatoms. The lowest BCUT2D eigenvalue weighted by molar-refractivity contribution is -0.158. The summed E-state index contributed by atoms with van der Waals surface area (Å²) in [5, 5.41) is 35.8. The summed E-state index contributed by atoms with van der Waals surface area (Å²) in [6.45, 7) is 20.1. The molecule has 4 aromatic rings. The van der Waals surface area contributed by atoms with E-state index in [0.717, 1.165) is 0 Å². The number of hydrogen-bond donors (Lipinski definition) is 4. The molecule has 0 bridgehead atoms. The number of Topliss-reactive ketones (excluding diaryl/α,β-unsaturated/α-hetero) is 1. The third-order valence-corrected chi connectivity index (χ3v) is 11.0. The molecule has 1 amide bonds. The van der Waals surface area contributed by atoms with Gasteiger partial charge in [-0.15, -0.1) is 0 Å². The first kappa shape index (κ1) is 46.3. The number of ketones is 1. The van der Waals surface area contributed by atoms with Gasteiger partial charge in [0.2, 0.25) is 0 Å². The average molecular weight is 845 g/mol. The van der Waals surface area contributed by atoms with Crippen LogP contribution in [0.4, 0.5) is 5.69 Å². The lowest BCUT2D eigenvalue weighted by atomic mass is 9.83. The Bertz CT molecular complexity index is 2490. The number of carbonyl (C=O) groups excluding carboxylic acids is 3. The van der Waals surface area contributed by atoms with E-state index in [0.29, 0.717) is 11.3 Å². The Hall–Kier alpha value is -5.77. The largest absolute Gasteiger partial charge is 0.505 e. The van der Waals surface area contributed by atoms with Gasteiger partial charge >= 0.3 is 11.8 Å². The number of ether oxygens (including phenoxy) is 5. The second kappa shape index (κ2) is 18.5. The van der Waals surface area contributed by atoms with Crippen molar-refractivity contribution in [2.45, 2.75) is 112 Å². The number of fused-ring (bicyclic) bond motifs is 6. The van der Waals surface area contributed by atoms with Crippen molar-refractivity contribution in [1.29, 1.82) is 0 Å². The van der Waals surface area contributed by atoms with Gasteiger partial charge in [0.15, 0.2) is 22.3 Å². The van der Waals surface area contributed by atoms with Crippen LogP contribution in [0.1, 0.15) is 84.7 Å². The summed E-state index contributed by atoms with van der Waals surface area (Å²) < 4.78 is 35.8. The number of methoxy groups -OCH3 is 1. The van der Waals surface area contributed by atoms with Crippen LogP contribution in [0.15, 0.2) is 64.1 Å². The lowest BCUT2D eigenvalue weighted by Crippen LogP contribution is -2.43. The van der Waals surface area contributed by atoms with Crippen molar-refractivity contribution in [3.8, 4) is 17.2 Å². The molecule has 0 radical (unpaired) electrons. The van der Waals surface area contributed by atoms with Crippen molar-refractivity contribution in [3.05, 3.63) is 76.2 Å². The monoisotopic (exact) mass is 844 g/mol. The number of benzene rings is 3. The molecule has 15 nitrogen and oxygen atoms in total. The number of allylic oxidation sites excluding steroid dienone is 1. The van der Waals surface area contributed by atoms with Crippen molar-refractivity contribution < 1.29 is 57.8 Å². The quantitative estimate of drug-likeness (QED) is 0.0158. The second-order valence-electron chi connectivity index (χ2n) is 16.1. The van der Waals surface area contributed by atoms with E-state index < -0.39 is 70.9 Å². The highest BCUT2D eigenvalue weighted by molar-refractivity contribution is 6.26. The second-order valence-corrected chi connectivity index (χ2v) is 16.1. The first-order chi connectivity index (χ1) is 28.6. The Balaban J connectivity index is 1.56. The number of phenolic OH excluding ortho intramolecular Hbond substituents is 1. The summed E-state index contributed by atoms with van der Waals surface area (Å²) in [4.78, 5) is 58.8. The minimum absolute atomic E-state index is 0.0161. The van der Waals surface area contributed by atoms with Crippen molar-refractivity contribution in [1.82, 2.24) is 4.98 Å². The molecule has 0 aliphatic carbocycles. The molecular formula is C46H56N2O13. The van der Waals surface area contributed by atoms with Gasteiger partial charge in [-0.05, 0) is 52.8 Å². The van der Waals surface area contributed by atoms with Gasteiger partial charge in [-0.1, -0.05) is 39.5 Å². The molecular weight excluding hydrogens is 789 g/mol. The fourth-order valence-corrected chi connectivity index (χ4v) is 7.55. The molecule has 1 aliphatic rings. The van der Waals surface area contributed by atoms with E-state index in [-0.39, 0.29) is 74.0 Å². The summed E-state index contributed by atoms with van der Waals surface area (Å²) in [7, 11) is 1.44. The van der Waals surface area contributed by atoms with Crippen LogP contribution >= 0.6 is 0 Å². The van der Waals surface area contributed by atoms with Gasteiger partial charge in [0.25, 0.3) is 11.7 Å². The van der Waals surface area contributed by atoms with Crippen LogP contribution in [0.25, 0.3) is 33.0 Å². The van der Waals surface area contributed by atoms with Crippen LogP contribution in [0.2, 0.25) is 0 Å². The fourth-order valence-electron chi connectivity index (χ4n) is 7.55. The topological polar surface area (TPSA) is 213 Å². The van der Waals surface area contributed by atoms with Crippen LogP contribution in [0.3, 0.4) is 0 Å². The Morgan fingerprint density at radius 2 is 1.72 bits per heavy atom. The predicted molar refractivity (Wildman–Crippen MR) is 230 cm³/mol. The number of carbonyl (C=O) groups is 3. The maximum absolute atomic E-state index is 14.6. The number of aliphatic hydroxyl groups excluding tert-OH is 2. The Labute approximate surface area is 354 Å². The van der Waals surface area contributed by atoms with E-state index in [9.17, 15) is 34.5 Å². The number of amides is 1. The van der Waals surface area contributed by atoms with Gasteiger partial charge in [0.1, 0.15) is 34.3 Å². The predicted octanol–water partition coefficient (Wildman–Crippen LogP) is 7.17. The number of hydrogen-bond acceptors (Lipinski definition) is 14. The Morgan fingerprint density at radius 1 is 1.03 bits per heavy atom. The minimum Gasteiger partial charge on any atom is -0.505 e. The molecule has 1 aromatic heterocycles. The van der Waals surface area contributed by atoms with Gasteiger partial charge in [0.05, 0.1) is 41.6 Å². The average Bonchev–Trinajstić information content (AvgIpc) is 3.46. The van der Waals surface area contributed by atoms with Gasteiger partial charge in [-0.25, -0.2) is 4.98 Å². The zero-order chi connectivity index (χ0) is 45.2. The SMILES string of the molecule is C=C(C)C(=O)Nc1c(O)c2c(=O)c(C)c3c(c2c2nc4ccc(OC(C)C)cc4oc12)C(=O)[C@@](C)(O/C=C/[C@H](OC)[C@@H](C)[C@@H](OC(C)=O)[C@H](C)[C@H](O)C[C@@H](O)[C@@H](C)/C=C/C)O3. The van der Waals surface area contributed by atoms with Gasteiger partial charge in [-0.3, -0.25) is 19.2 Å². The smallest absolute Gasteiger partial charge is 0.312 e. The maximum atomic E-state index is 14.6. The fraction of sp³-hybridized carbons (Fsp3) is 0.457. The van der Waals surface area contributed by atoms with Crippen molar-refractivity contribution in [2.24, 2.45) is 17.8 Å². The van der Waals surface area contributed by atoms with E-state index in [2.05, 4.69) is 11.9 Å². The standard InChI is InChI=1S/C46H56N2O13/c1-13-14-23(6)30(50)20-31(51)24(7)41(59-27(10)49)25(8)32(56-12)17-18-57-46(11)44(54)36-34-35(39(52)26(9)42(36)61-46)40(53)38(48-45(55)21(2)3)43-37(34)47-29-16-15-28(58-22(4)5)19-33(29)60-43/h13-19,22-25,30-32,41,50-51,53H,2,20H2,1,3-12H3,(H,48,55)/b14-13+,18-17+/t23-,24+,25+,30+,31+,32-,41-,46-/m0/s1. The first-order valence-corrected chi connectivity index (χ1v) is 20.2. The number of rotatable bonds is 17. The number of esters is 1. The summed E-state index contributed by atoms with van der Waals surface area (Å²) in [6.07, 6.45) is 2.71. The third-order valence-electron chi connectivity index (χ3n) is 11.0. The highest BCUT2D eigenvalue weighted by Gasteiger charge is 2.49. The van der Waals surface area contributed by atoms with Crippen LogP contribution in [-0.2, 0) is 23.8 Å². The minimum atomic E-state index is -2.05. The van der Waals surface area contributed by atoms with Crippen molar-refractivity contribution >= 4 is 56.3 Å². The molecule has 8 atom stereocenters. The molecule has 5 rings (SSSR count). The maximum Gasteiger partial charge on any atom is 0.312 e. The highest BCUT2D eigenvalue weighted by atomic mass is 16.7. The van der Waals surface area contributed by atoms with E-state index >= 15 is 0 Å². The van der Waals surface area contributed by atoms with Crippen molar-refractivity contribution in [3.63, 3.8) is 0 Å². The van der Waals surface area contributed by atoms with E-state index in [4.69, 9.17) is 33.1 Å². The molecule has 0 fully saturated rings. The van der Waals surface area contributed by atoms with Crippen LogP contribution in [0.5, 0.6) is 17.2 Å². The third kappa shape index (κ3) is 9.28. The number of nitrogens with zero attached hydrogens (tertiary/aromatic N) is 1. The molecule has 1 aliphatic heterocycles. The summed E-state index contributed by atoms with van der Waals surface area (Å²) in [6, 6.07) is 4.92. The number of nitrogens with one attached hydrogen (secondary N) is 1. The summed E-state index contributed by atoms with van der Waals surface area (Å²) in [5.41, 5.74) is -0.587. The van der Waals surface area contributed by atoms with Crippen LogP contribution in [-0.4, -0.2) is 81.4 Å². The highest BCUT2D eigenvalue weighted by Crippen LogP contribution is 2.48. The number of aromatic nitrogens is 1. The zero-order valence-electron chi connectivity index (χ0n) is 36.4. The molecule has 2 heterocycles. The van der Waals surface area contributed by atoms with Crippen LogP contribution < -0.4 is 20.2 Å². The number of phenols is 1. The normalized spacial score (nSPS) is 18.8. The number of aromatic hydroxyl groups is 1. The molecule has 0 unspecified atom stereocenters. The molecule has 3 aromatic carbocycles.